The Morgan fingerprint density at radius 3 is 2.00 bits per heavy atom. The Morgan fingerprint density at radius 1 is 0.710 bits per heavy atom. The van der Waals surface area contributed by atoms with Crippen LogP contribution >= 0.6 is 0 Å². The molecule has 3 aliphatic heterocycles. The fourth-order valence-electron chi connectivity index (χ4n) is 14.2. The van der Waals surface area contributed by atoms with E-state index in [1.165, 1.54) is 6.92 Å². The molecular formula is C47H76O15. The SMILES string of the molecule is CC(C)=C/C=C/C(=O)[C@H]1CC[C@]2(C)C1C(C)CC1[C@@]3(C)CC[C@H](OC4OC[C@@H](O)[C@H](O[C@@H]5O[C@H](CO)[C@@H](O)[C@H](O)[C@H]5O)[C@@H]4O[C@@H]4O[C@H](C)[C@@H](O)[C@H](O)[C@@H]4O)C(C)(C)C3CC[C@]12C. The summed E-state index contributed by atoms with van der Waals surface area (Å²) in [6.07, 6.45) is -8.94. The largest absolute Gasteiger partial charge is 0.394 e. The van der Waals surface area contributed by atoms with Gasteiger partial charge in [-0.15, -0.1) is 0 Å². The number of carbonyl (C=O) groups excluding carboxylic acids is 1. The smallest absolute Gasteiger partial charge is 0.187 e. The molecule has 354 valence electrons. The van der Waals surface area contributed by atoms with Crippen molar-refractivity contribution in [3.05, 3.63) is 23.8 Å². The van der Waals surface area contributed by atoms with Gasteiger partial charge in [-0.3, -0.25) is 4.79 Å². The van der Waals surface area contributed by atoms with Crippen LogP contribution in [0, 0.1) is 51.2 Å². The summed E-state index contributed by atoms with van der Waals surface area (Å²) in [7, 11) is 0. The first-order chi connectivity index (χ1) is 29.0. The number of ether oxygens (including phenoxy) is 6. The minimum absolute atomic E-state index is 0.00958. The minimum Gasteiger partial charge on any atom is -0.394 e. The number of allylic oxidation sites excluding steroid dienone is 4. The van der Waals surface area contributed by atoms with E-state index in [-0.39, 0.29) is 46.6 Å². The number of rotatable bonds is 10. The van der Waals surface area contributed by atoms with E-state index in [9.17, 15) is 45.6 Å². The molecule has 3 saturated heterocycles. The fraction of sp³-hybridized carbons (Fsp3) is 0.894. The number of hydrogen-bond acceptors (Lipinski definition) is 15. The first-order valence-corrected chi connectivity index (χ1v) is 23.1. The third-order valence-electron chi connectivity index (χ3n) is 17.7. The van der Waals surface area contributed by atoms with Gasteiger partial charge in [-0.1, -0.05) is 59.3 Å². The van der Waals surface area contributed by atoms with E-state index in [2.05, 4.69) is 41.5 Å². The van der Waals surface area contributed by atoms with Crippen LogP contribution in [-0.4, -0.2) is 152 Å². The molecular weight excluding hydrogens is 805 g/mol. The van der Waals surface area contributed by atoms with E-state index in [1.54, 1.807) is 6.08 Å². The number of fused-ring (bicyclic) bond motifs is 5. The van der Waals surface area contributed by atoms with Gasteiger partial charge in [-0.2, -0.15) is 0 Å². The van der Waals surface area contributed by atoms with Crippen molar-refractivity contribution >= 4 is 5.78 Å². The van der Waals surface area contributed by atoms with Crippen LogP contribution in [-0.2, 0) is 33.2 Å². The Balaban J connectivity index is 1.14. The van der Waals surface area contributed by atoms with E-state index >= 15 is 0 Å². The van der Waals surface area contributed by atoms with Crippen molar-refractivity contribution in [1.82, 2.24) is 0 Å². The molecule has 7 fully saturated rings. The number of carbonyl (C=O) groups is 1. The molecule has 15 nitrogen and oxygen atoms in total. The van der Waals surface area contributed by atoms with Gasteiger partial charge >= 0.3 is 0 Å². The molecule has 0 spiro atoms. The van der Waals surface area contributed by atoms with Crippen molar-refractivity contribution in [3.8, 4) is 0 Å². The van der Waals surface area contributed by atoms with Gasteiger partial charge in [-0.05, 0) is 117 Å². The molecule has 0 aromatic carbocycles. The van der Waals surface area contributed by atoms with Crippen molar-refractivity contribution in [2.75, 3.05) is 13.2 Å². The van der Waals surface area contributed by atoms with E-state index in [0.29, 0.717) is 24.2 Å². The van der Waals surface area contributed by atoms with E-state index in [0.717, 1.165) is 44.1 Å². The van der Waals surface area contributed by atoms with Gasteiger partial charge in [0, 0.05) is 5.92 Å². The van der Waals surface area contributed by atoms with Gasteiger partial charge in [0.05, 0.1) is 25.4 Å². The third-order valence-corrected chi connectivity index (χ3v) is 17.7. The van der Waals surface area contributed by atoms with Gasteiger partial charge in [0.15, 0.2) is 24.7 Å². The van der Waals surface area contributed by atoms with Crippen LogP contribution in [0.15, 0.2) is 23.8 Å². The molecule has 3 heterocycles. The lowest BCUT2D eigenvalue weighted by Crippen LogP contribution is -2.67. The van der Waals surface area contributed by atoms with Crippen molar-refractivity contribution in [2.45, 2.75) is 199 Å². The highest BCUT2D eigenvalue weighted by Gasteiger charge is 2.70. The summed E-state index contributed by atoms with van der Waals surface area (Å²) in [5.41, 5.74) is 0.770. The molecule has 62 heavy (non-hydrogen) atoms. The lowest BCUT2D eigenvalue weighted by molar-refractivity contribution is -0.388. The summed E-state index contributed by atoms with van der Waals surface area (Å²) in [5.74, 6) is 1.63. The van der Waals surface area contributed by atoms with E-state index in [1.807, 2.05) is 26.0 Å². The van der Waals surface area contributed by atoms with E-state index in [4.69, 9.17) is 28.4 Å². The maximum Gasteiger partial charge on any atom is 0.187 e. The second kappa shape index (κ2) is 18.0. The first kappa shape index (κ1) is 48.5. The lowest BCUT2D eigenvalue weighted by atomic mass is 9.34. The quantitative estimate of drug-likeness (QED) is 0.0895. The Morgan fingerprint density at radius 2 is 1.34 bits per heavy atom. The summed E-state index contributed by atoms with van der Waals surface area (Å²) < 4.78 is 37.1. The first-order valence-electron chi connectivity index (χ1n) is 23.1. The molecule has 4 aliphatic carbocycles. The Labute approximate surface area is 366 Å². The number of ketones is 1. The molecule has 7 rings (SSSR count). The standard InChI is InChI=1S/C47H76O15/c1-22(2)11-10-12-26(49)25-13-17-47(9)32(25)23(3)19-30-45(7)16-15-31(44(5,6)29(45)14-18-46(30,47)8)60-43-40(62-41-37(55)35(53)33(51)24(4)58-41)39(27(50)21-57-43)61-42-38(56)36(54)34(52)28(20-48)59-42/h10-12,23-25,27-43,48,50-56H,13-21H2,1-9H3/b12-10+/t23?,24-,25-,27-,28-,29?,30?,31+,32?,33-,34-,35+,36+,37+,38-,39+,40+,41+,42+,43?,45+,46-,47-/m1/s1. The predicted molar refractivity (Wildman–Crippen MR) is 224 cm³/mol. The highest BCUT2D eigenvalue weighted by molar-refractivity contribution is 5.92. The highest BCUT2D eigenvalue weighted by Crippen LogP contribution is 2.76. The normalized spacial score (nSPS) is 52.8. The number of aliphatic hydroxyl groups excluding tert-OH is 8. The zero-order valence-corrected chi connectivity index (χ0v) is 38.1. The molecule has 0 aromatic heterocycles. The predicted octanol–water partition coefficient (Wildman–Crippen LogP) is 2.51. The van der Waals surface area contributed by atoms with Gasteiger partial charge in [0.1, 0.15) is 61.0 Å². The third kappa shape index (κ3) is 8.13. The van der Waals surface area contributed by atoms with Crippen molar-refractivity contribution < 1.29 is 74.1 Å². The number of aliphatic hydroxyl groups is 8. The monoisotopic (exact) mass is 881 g/mol. The van der Waals surface area contributed by atoms with Gasteiger partial charge in [-0.25, -0.2) is 0 Å². The van der Waals surface area contributed by atoms with Crippen LogP contribution in [0.3, 0.4) is 0 Å². The van der Waals surface area contributed by atoms with E-state index < -0.39 is 98.0 Å². The van der Waals surface area contributed by atoms with Crippen LogP contribution in [0.4, 0.5) is 0 Å². The molecule has 23 atom stereocenters. The van der Waals surface area contributed by atoms with Crippen molar-refractivity contribution in [1.29, 1.82) is 0 Å². The maximum absolute atomic E-state index is 13.7. The van der Waals surface area contributed by atoms with Gasteiger partial charge < -0.3 is 69.3 Å². The zero-order valence-electron chi connectivity index (χ0n) is 38.1. The second-order valence-electron chi connectivity index (χ2n) is 21.7. The topological polar surface area (TPSA) is 234 Å². The summed E-state index contributed by atoms with van der Waals surface area (Å²) in [5, 5.41) is 85.3. The second-order valence-corrected chi connectivity index (χ2v) is 21.7. The molecule has 0 amide bonds. The molecule has 0 radical (unpaired) electrons. The lowest BCUT2D eigenvalue weighted by Gasteiger charge is -2.71. The molecule has 15 heteroatoms. The maximum atomic E-state index is 13.7. The zero-order chi connectivity index (χ0) is 45.4. The van der Waals surface area contributed by atoms with Crippen LogP contribution in [0.2, 0.25) is 0 Å². The fourth-order valence-corrected chi connectivity index (χ4v) is 14.2. The summed E-state index contributed by atoms with van der Waals surface area (Å²) in [4.78, 5) is 13.7. The molecule has 5 unspecified atom stereocenters. The average Bonchev–Trinajstić information content (AvgIpc) is 3.59. The Bertz CT molecular complexity index is 1650. The van der Waals surface area contributed by atoms with Crippen molar-refractivity contribution in [3.63, 3.8) is 0 Å². The molecule has 0 aromatic rings. The van der Waals surface area contributed by atoms with Crippen LogP contribution < -0.4 is 0 Å². The Kier molecular flexibility index (Phi) is 14.1. The summed E-state index contributed by atoms with van der Waals surface area (Å²) in [6.45, 7) is 18.9. The van der Waals surface area contributed by atoms with Gasteiger partial charge in [0.2, 0.25) is 0 Å². The Hall–Kier alpha value is -1.41. The average molecular weight is 881 g/mol. The molecule has 7 aliphatic rings. The van der Waals surface area contributed by atoms with Gasteiger partial charge in [0.25, 0.3) is 0 Å². The van der Waals surface area contributed by atoms with Crippen LogP contribution in [0.25, 0.3) is 0 Å². The number of hydrogen-bond donors (Lipinski definition) is 8. The molecule has 4 saturated carbocycles. The highest BCUT2D eigenvalue weighted by atomic mass is 16.8. The minimum atomic E-state index is -1.79. The molecule has 8 N–H and O–H groups in total. The van der Waals surface area contributed by atoms with Crippen LogP contribution in [0.5, 0.6) is 0 Å². The summed E-state index contributed by atoms with van der Waals surface area (Å²) in [6, 6.07) is 0. The molecule has 0 bridgehead atoms. The van der Waals surface area contributed by atoms with Crippen LogP contribution in [0.1, 0.15) is 107 Å². The summed E-state index contributed by atoms with van der Waals surface area (Å²) >= 11 is 0. The van der Waals surface area contributed by atoms with Crippen molar-refractivity contribution in [2.24, 2.45) is 51.2 Å².